The van der Waals surface area contributed by atoms with Crippen LogP contribution in [0.5, 0.6) is 11.5 Å². The summed E-state index contributed by atoms with van der Waals surface area (Å²) < 4.78 is 6.36. The molecular formula is C25H23NO4. The molecule has 0 radical (unpaired) electrons. The fourth-order valence-electron chi connectivity index (χ4n) is 4.72. The Hall–Kier alpha value is -3.31. The van der Waals surface area contributed by atoms with Crippen molar-refractivity contribution in [3.63, 3.8) is 0 Å². The molecule has 152 valence electrons. The third kappa shape index (κ3) is 2.94. The minimum Gasteiger partial charge on any atom is -0.504 e. The Labute approximate surface area is 175 Å². The first kappa shape index (κ1) is 18.7. The van der Waals surface area contributed by atoms with Crippen LogP contribution >= 0.6 is 0 Å². The molecule has 2 aliphatic heterocycles. The van der Waals surface area contributed by atoms with Crippen molar-refractivity contribution in [2.75, 3.05) is 0 Å². The Kier molecular flexibility index (Phi) is 4.48. The zero-order valence-corrected chi connectivity index (χ0v) is 16.5. The minimum absolute atomic E-state index is 0.0869. The number of phenols is 2. The van der Waals surface area contributed by atoms with Gasteiger partial charge in [-0.2, -0.15) is 0 Å². The van der Waals surface area contributed by atoms with Gasteiger partial charge in [-0.05, 0) is 41.7 Å². The summed E-state index contributed by atoms with van der Waals surface area (Å²) in [5.74, 6) is -0.492. The van der Waals surface area contributed by atoms with Crippen LogP contribution in [-0.2, 0) is 28.3 Å². The molecule has 3 aliphatic rings. The summed E-state index contributed by atoms with van der Waals surface area (Å²) in [5.41, 5.74) is 2.37. The summed E-state index contributed by atoms with van der Waals surface area (Å²) in [7, 11) is 0. The van der Waals surface area contributed by atoms with E-state index >= 15 is 0 Å². The second-order valence-electron chi connectivity index (χ2n) is 8.00. The van der Waals surface area contributed by atoms with E-state index in [2.05, 4.69) is 0 Å². The van der Waals surface area contributed by atoms with Crippen molar-refractivity contribution < 1.29 is 19.7 Å². The lowest BCUT2D eigenvalue weighted by atomic mass is 9.70. The second-order valence-corrected chi connectivity index (χ2v) is 8.00. The van der Waals surface area contributed by atoms with Gasteiger partial charge in [0.25, 0.3) is 5.91 Å². The van der Waals surface area contributed by atoms with Gasteiger partial charge in [-0.3, -0.25) is 4.79 Å². The quantitative estimate of drug-likeness (QED) is 0.622. The average Bonchev–Trinajstić information content (AvgIpc) is 2.77. The Bertz CT molecular complexity index is 1080. The summed E-state index contributed by atoms with van der Waals surface area (Å²) in [6, 6.07) is 22.6. The number of benzene rings is 3. The topological polar surface area (TPSA) is 70.0 Å². The van der Waals surface area contributed by atoms with Gasteiger partial charge in [-0.1, -0.05) is 60.7 Å². The number of hydrogen-bond acceptors (Lipinski definition) is 4. The van der Waals surface area contributed by atoms with Gasteiger partial charge < -0.3 is 19.8 Å². The Balaban J connectivity index is 1.57. The fraction of sp³-hybridized carbons (Fsp3) is 0.240. The maximum Gasteiger partial charge on any atom is 0.260 e. The Morgan fingerprint density at radius 2 is 1.57 bits per heavy atom. The molecule has 5 heteroatoms. The molecule has 0 spiro atoms. The SMILES string of the molecule is O=C1N(Cc2ccccc2)[C@H]2CC[C@]1(OCc1ccccc1)c1cc(O)c(O)cc12. The molecule has 2 N–H and O–H groups in total. The van der Waals surface area contributed by atoms with Crippen molar-refractivity contribution in [3.05, 3.63) is 95.1 Å². The highest BCUT2D eigenvalue weighted by molar-refractivity contribution is 5.91. The van der Waals surface area contributed by atoms with Crippen LogP contribution in [0.15, 0.2) is 72.8 Å². The van der Waals surface area contributed by atoms with Crippen molar-refractivity contribution in [2.24, 2.45) is 0 Å². The first-order valence-corrected chi connectivity index (χ1v) is 10.2. The van der Waals surface area contributed by atoms with E-state index in [1.54, 1.807) is 6.07 Å². The summed E-state index contributed by atoms with van der Waals surface area (Å²) >= 11 is 0. The standard InChI is InChI=1S/C25H23NO4/c27-22-13-19-20(14-23(22)28)25(30-16-18-9-5-2-6-10-18)12-11-21(19)26(24(25)29)15-17-7-3-1-4-8-17/h1-10,13-14,21,27-28H,11-12,15-16H2/t21-,25-/m0/s1. The van der Waals surface area contributed by atoms with Crippen LogP contribution in [0, 0.1) is 0 Å². The van der Waals surface area contributed by atoms with E-state index in [1.807, 2.05) is 65.6 Å². The third-order valence-corrected chi connectivity index (χ3v) is 6.22. The molecule has 0 unspecified atom stereocenters. The molecule has 5 nitrogen and oxygen atoms in total. The van der Waals surface area contributed by atoms with Crippen LogP contribution in [0.25, 0.3) is 0 Å². The lowest BCUT2D eigenvalue weighted by molar-refractivity contribution is -0.181. The maximum atomic E-state index is 13.8. The van der Waals surface area contributed by atoms with Gasteiger partial charge in [0.05, 0.1) is 12.6 Å². The highest BCUT2D eigenvalue weighted by atomic mass is 16.5. The average molecular weight is 401 g/mol. The number of aromatic hydroxyl groups is 2. The van der Waals surface area contributed by atoms with Crippen LogP contribution in [0.1, 0.15) is 41.1 Å². The van der Waals surface area contributed by atoms with Gasteiger partial charge >= 0.3 is 0 Å². The molecule has 1 fully saturated rings. The number of hydrogen-bond donors (Lipinski definition) is 2. The largest absolute Gasteiger partial charge is 0.504 e. The number of nitrogens with zero attached hydrogens (tertiary/aromatic N) is 1. The number of piperidine rings is 1. The monoisotopic (exact) mass is 401 g/mol. The summed E-state index contributed by atoms with van der Waals surface area (Å²) in [6.45, 7) is 0.763. The van der Waals surface area contributed by atoms with Gasteiger partial charge in [0.1, 0.15) is 0 Å². The van der Waals surface area contributed by atoms with E-state index in [0.717, 1.165) is 23.1 Å². The molecule has 6 rings (SSSR count). The van der Waals surface area contributed by atoms with Gasteiger partial charge in [-0.25, -0.2) is 0 Å². The number of carbonyl (C=O) groups is 1. The summed E-state index contributed by atoms with van der Waals surface area (Å²) in [5, 5.41) is 20.3. The van der Waals surface area contributed by atoms with Crippen molar-refractivity contribution in [1.82, 2.24) is 4.90 Å². The highest BCUT2D eigenvalue weighted by Gasteiger charge is 2.56. The highest BCUT2D eigenvalue weighted by Crippen LogP contribution is 2.54. The van der Waals surface area contributed by atoms with E-state index in [0.29, 0.717) is 18.5 Å². The predicted octanol–water partition coefficient (Wildman–Crippen LogP) is 4.39. The van der Waals surface area contributed by atoms with Crippen molar-refractivity contribution in [3.8, 4) is 11.5 Å². The Morgan fingerprint density at radius 1 is 0.933 bits per heavy atom. The van der Waals surface area contributed by atoms with Crippen LogP contribution in [0.4, 0.5) is 0 Å². The van der Waals surface area contributed by atoms with E-state index in [4.69, 9.17) is 4.74 Å². The molecule has 0 saturated carbocycles. The zero-order valence-electron chi connectivity index (χ0n) is 16.5. The zero-order chi connectivity index (χ0) is 20.7. The van der Waals surface area contributed by atoms with E-state index in [-0.39, 0.29) is 30.1 Å². The van der Waals surface area contributed by atoms with Crippen molar-refractivity contribution in [2.45, 2.75) is 37.6 Å². The molecule has 2 bridgehead atoms. The number of phenolic OH excluding ortho intramolecular Hbond substituents is 2. The first-order valence-electron chi connectivity index (χ1n) is 10.2. The van der Waals surface area contributed by atoms with Gasteiger partial charge in [-0.15, -0.1) is 0 Å². The molecule has 1 amide bonds. The molecule has 2 heterocycles. The minimum atomic E-state index is -1.17. The first-order chi connectivity index (χ1) is 14.6. The van der Waals surface area contributed by atoms with E-state index in [1.165, 1.54) is 6.07 Å². The number of carbonyl (C=O) groups excluding carboxylic acids is 1. The molecule has 3 aromatic rings. The number of fused-ring (bicyclic) bond motifs is 2. The normalized spacial score (nSPS) is 22.2. The van der Waals surface area contributed by atoms with E-state index < -0.39 is 5.60 Å². The lowest BCUT2D eigenvalue weighted by Crippen LogP contribution is -2.58. The third-order valence-electron chi connectivity index (χ3n) is 6.22. The molecular weight excluding hydrogens is 378 g/mol. The molecule has 0 aromatic heterocycles. The molecule has 2 atom stereocenters. The second kappa shape index (κ2) is 7.18. The molecule has 3 aromatic carbocycles. The van der Waals surface area contributed by atoms with Crippen LogP contribution in [-0.4, -0.2) is 21.0 Å². The predicted molar refractivity (Wildman–Crippen MR) is 112 cm³/mol. The molecule has 1 aliphatic carbocycles. The van der Waals surface area contributed by atoms with Crippen molar-refractivity contribution >= 4 is 5.91 Å². The van der Waals surface area contributed by atoms with Gasteiger partial charge in [0, 0.05) is 12.1 Å². The number of ether oxygens (including phenoxy) is 1. The maximum absolute atomic E-state index is 13.8. The number of amides is 1. The lowest BCUT2D eigenvalue weighted by Gasteiger charge is -2.52. The number of rotatable bonds is 5. The van der Waals surface area contributed by atoms with Crippen LogP contribution < -0.4 is 0 Å². The Morgan fingerprint density at radius 3 is 2.27 bits per heavy atom. The molecule has 30 heavy (non-hydrogen) atoms. The van der Waals surface area contributed by atoms with Gasteiger partial charge in [0.2, 0.25) is 0 Å². The van der Waals surface area contributed by atoms with Gasteiger partial charge in [0.15, 0.2) is 17.1 Å². The summed E-state index contributed by atoms with van der Waals surface area (Å²) in [4.78, 5) is 15.6. The fourth-order valence-corrected chi connectivity index (χ4v) is 4.72. The van der Waals surface area contributed by atoms with E-state index in [9.17, 15) is 15.0 Å². The van der Waals surface area contributed by atoms with Crippen molar-refractivity contribution in [1.29, 1.82) is 0 Å². The smallest absolute Gasteiger partial charge is 0.260 e. The summed E-state index contributed by atoms with van der Waals surface area (Å²) in [6.07, 6.45) is 1.29. The molecule has 1 saturated heterocycles. The van der Waals surface area contributed by atoms with Crippen LogP contribution in [0.2, 0.25) is 0 Å². The van der Waals surface area contributed by atoms with Crippen LogP contribution in [0.3, 0.4) is 0 Å².